The topological polar surface area (TPSA) is 81.9 Å². The SMILES string of the molecule is CCCn1c2ccccc2c2nnc(SCC(=O)Nc3cc(Cl)ccc3OC)nc21. The molecule has 0 unspecified atom stereocenters. The van der Waals surface area contributed by atoms with E-state index in [-0.39, 0.29) is 11.7 Å². The Labute approximate surface area is 182 Å². The smallest absolute Gasteiger partial charge is 0.234 e. The van der Waals surface area contributed by atoms with Gasteiger partial charge in [-0.2, -0.15) is 0 Å². The molecule has 7 nitrogen and oxygen atoms in total. The number of thioether (sulfide) groups is 1. The summed E-state index contributed by atoms with van der Waals surface area (Å²) in [6.45, 7) is 2.96. The summed E-state index contributed by atoms with van der Waals surface area (Å²) in [5, 5.41) is 13.4. The van der Waals surface area contributed by atoms with Crippen LogP contribution in [0.5, 0.6) is 5.75 Å². The number of aryl methyl sites for hydroxylation is 1. The highest BCUT2D eigenvalue weighted by Gasteiger charge is 2.15. The van der Waals surface area contributed by atoms with Gasteiger partial charge in [-0.05, 0) is 30.7 Å². The molecule has 154 valence electrons. The number of rotatable bonds is 7. The van der Waals surface area contributed by atoms with Crippen molar-refractivity contribution in [1.29, 1.82) is 0 Å². The lowest BCUT2D eigenvalue weighted by Gasteiger charge is -2.10. The van der Waals surface area contributed by atoms with Crippen LogP contribution in [0, 0.1) is 0 Å². The molecule has 2 heterocycles. The molecule has 0 radical (unpaired) electrons. The van der Waals surface area contributed by atoms with Crippen LogP contribution in [0.3, 0.4) is 0 Å². The second-order valence-electron chi connectivity index (χ2n) is 6.62. The Morgan fingerprint density at radius 2 is 2.07 bits per heavy atom. The van der Waals surface area contributed by atoms with Crippen molar-refractivity contribution in [2.45, 2.75) is 25.0 Å². The highest BCUT2D eigenvalue weighted by atomic mass is 35.5. The number of carbonyl (C=O) groups is 1. The number of nitrogens with zero attached hydrogens (tertiary/aromatic N) is 4. The predicted octanol–water partition coefficient (Wildman–Crippen LogP) is 4.78. The van der Waals surface area contributed by atoms with E-state index < -0.39 is 0 Å². The van der Waals surface area contributed by atoms with E-state index in [1.54, 1.807) is 18.2 Å². The average molecular weight is 442 g/mol. The van der Waals surface area contributed by atoms with Crippen LogP contribution in [0.15, 0.2) is 47.6 Å². The van der Waals surface area contributed by atoms with Gasteiger partial charge in [-0.1, -0.05) is 48.5 Å². The number of ether oxygens (including phenoxy) is 1. The number of hydrogen-bond donors (Lipinski definition) is 1. The van der Waals surface area contributed by atoms with Gasteiger partial charge >= 0.3 is 0 Å². The first-order chi connectivity index (χ1) is 14.6. The summed E-state index contributed by atoms with van der Waals surface area (Å²) >= 11 is 7.25. The molecule has 0 atom stereocenters. The number of methoxy groups -OCH3 is 1. The van der Waals surface area contributed by atoms with Crippen molar-refractivity contribution in [1.82, 2.24) is 19.7 Å². The Kier molecular flexibility index (Phi) is 6.06. The van der Waals surface area contributed by atoms with E-state index >= 15 is 0 Å². The van der Waals surface area contributed by atoms with Crippen molar-refractivity contribution in [2.24, 2.45) is 0 Å². The van der Waals surface area contributed by atoms with E-state index in [9.17, 15) is 4.79 Å². The maximum atomic E-state index is 12.4. The van der Waals surface area contributed by atoms with E-state index in [1.165, 1.54) is 18.9 Å². The molecular formula is C21H20ClN5O2S. The number of para-hydroxylation sites is 1. The largest absolute Gasteiger partial charge is 0.495 e. The third kappa shape index (κ3) is 4.06. The average Bonchev–Trinajstić information content (AvgIpc) is 3.06. The van der Waals surface area contributed by atoms with Crippen molar-refractivity contribution in [3.8, 4) is 5.75 Å². The van der Waals surface area contributed by atoms with Crippen LogP contribution in [0.2, 0.25) is 5.02 Å². The molecule has 0 fully saturated rings. The summed E-state index contributed by atoms with van der Waals surface area (Å²) in [6, 6.07) is 13.1. The minimum Gasteiger partial charge on any atom is -0.495 e. The Morgan fingerprint density at radius 1 is 1.23 bits per heavy atom. The zero-order valence-corrected chi connectivity index (χ0v) is 18.1. The fraction of sp³-hybridized carbons (Fsp3) is 0.238. The van der Waals surface area contributed by atoms with Gasteiger partial charge in [-0.25, -0.2) is 4.98 Å². The fourth-order valence-electron chi connectivity index (χ4n) is 3.29. The zero-order valence-electron chi connectivity index (χ0n) is 16.6. The van der Waals surface area contributed by atoms with E-state index in [1.807, 2.05) is 18.2 Å². The second kappa shape index (κ2) is 8.89. The first-order valence-corrected chi connectivity index (χ1v) is 10.8. The molecule has 0 aliphatic carbocycles. The van der Waals surface area contributed by atoms with Gasteiger partial charge in [0.1, 0.15) is 11.3 Å². The lowest BCUT2D eigenvalue weighted by atomic mass is 10.2. The van der Waals surface area contributed by atoms with Gasteiger partial charge in [0.15, 0.2) is 5.65 Å². The molecule has 2 aromatic carbocycles. The van der Waals surface area contributed by atoms with E-state index in [0.29, 0.717) is 21.6 Å². The molecule has 2 aromatic heterocycles. The molecule has 9 heteroatoms. The van der Waals surface area contributed by atoms with E-state index in [4.69, 9.17) is 16.3 Å². The quantitative estimate of drug-likeness (QED) is 0.415. The first kappa shape index (κ1) is 20.4. The minimum absolute atomic E-state index is 0.136. The molecule has 30 heavy (non-hydrogen) atoms. The standard InChI is InChI=1S/C21H20ClN5O2S/c1-3-10-27-16-7-5-4-6-14(16)19-20(27)24-21(26-25-19)30-12-18(28)23-15-11-13(22)8-9-17(15)29-2/h4-9,11H,3,10,12H2,1-2H3,(H,23,28). The molecule has 0 bridgehead atoms. The lowest BCUT2D eigenvalue weighted by Crippen LogP contribution is -2.15. The van der Waals surface area contributed by atoms with Gasteiger partial charge < -0.3 is 14.6 Å². The summed E-state index contributed by atoms with van der Waals surface area (Å²) < 4.78 is 7.41. The highest BCUT2D eigenvalue weighted by molar-refractivity contribution is 7.99. The normalized spacial score (nSPS) is 11.2. The molecule has 0 spiro atoms. The second-order valence-corrected chi connectivity index (χ2v) is 8.00. The molecule has 0 aliphatic rings. The number of amides is 1. The number of fused-ring (bicyclic) bond motifs is 3. The molecule has 1 N–H and O–H groups in total. The van der Waals surface area contributed by atoms with Gasteiger partial charge in [0.05, 0.1) is 24.1 Å². The summed E-state index contributed by atoms with van der Waals surface area (Å²) in [7, 11) is 1.54. The summed E-state index contributed by atoms with van der Waals surface area (Å²) in [6.07, 6.45) is 0.976. The molecular weight excluding hydrogens is 422 g/mol. The van der Waals surface area contributed by atoms with Crippen molar-refractivity contribution in [3.05, 3.63) is 47.5 Å². The molecule has 4 rings (SSSR count). The van der Waals surface area contributed by atoms with Crippen molar-refractivity contribution in [2.75, 3.05) is 18.2 Å². The maximum Gasteiger partial charge on any atom is 0.234 e. The van der Waals surface area contributed by atoms with E-state index in [0.717, 1.165) is 35.0 Å². The first-order valence-electron chi connectivity index (χ1n) is 9.48. The number of nitrogens with one attached hydrogen (secondary N) is 1. The van der Waals surface area contributed by atoms with Crippen LogP contribution in [-0.2, 0) is 11.3 Å². The van der Waals surface area contributed by atoms with Gasteiger partial charge in [-0.15, -0.1) is 10.2 Å². The monoisotopic (exact) mass is 441 g/mol. The van der Waals surface area contributed by atoms with Crippen LogP contribution >= 0.6 is 23.4 Å². The van der Waals surface area contributed by atoms with E-state index in [2.05, 4.69) is 38.1 Å². The molecule has 0 aliphatic heterocycles. The van der Waals surface area contributed by atoms with Crippen LogP contribution in [0.25, 0.3) is 22.1 Å². The Hall–Kier alpha value is -2.84. The van der Waals surface area contributed by atoms with Crippen LogP contribution in [0.4, 0.5) is 5.69 Å². The molecule has 4 aromatic rings. The number of benzene rings is 2. The predicted molar refractivity (Wildman–Crippen MR) is 120 cm³/mol. The summed E-state index contributed by atoms with van der Waals surface area (Å²) in [4.78, 5) is 17.1. The van der Waals surface area contributed by atoms with Crippen molar-refractivity contribution >= 4 is 57.0 Å². The Morgan fingerprint density at radius 3 is 2.87 bits per heavy atom. The number of hydrogen-bond acceptors (Lipinski definition) is 6. The van der Waals surface area contributed by atoms with Gasteiger partial charge in [0.2, 0.25) is 11.1 Å². The number of anilines is 1. The van der Waals surface area contributed by atoms with Crippen molar-refractivity contribution < 1.29 is 9.53 Å². The van der Waals surface area contributed by atoms with Crippen LogP contribution < -0.4 is 10.1 Å². The fourth-order valence-corrected chi connectivity index (χ4v) is 4.05. The van der Waals surface area contributed by atoms with Crippen molar-refractivity contribution in [3.63, 3.8) is 0 Å². The minimum atomic E-state index is -0.210. The third-order valence-corrected chi connectivity index (χ3v) is 5.64. The Balaban J connectivity index is 1.54. The van der Waals surface area contributed by atoms with Gasteiger partial charge in [-0.3, -0.25) is 4.79 Å². The molecule has 0 saturated carbocycles. The Bertz CT molecular complexity index is 1230. The van der Waals surface area contributed by atoms with Gasteiger partial charge in [0, 0.05) is 17.0 Å². The lowest BCUT2D eigenvalue weighted by molar-refractivity contribution is -0.113. The number of halogens is 1. The highest BCUT2D eigenvalue weighted by Crippen LogP contribution is 2.29. The summed E-state index contributed by atoms with van der Waals surface area (Å²) in [5.74, 6) is 0.469. The van der Waals surface area contributed by atoms with Crippen LogP contribution in [0.1, 0.15) is 13.3 Å². The number of carbonyl (C=O) groups excluding carboxylic acids is 1. The molecule has 1 amide bonds. The molecule has 0 saturated heterocycles. The van der Waals surface area contributed by atoms with Gasteiger partial charge in [0.25, 0.3) is 0 Å². The zero-order chi connectivity index (χ0) is 21.1. The number of aromatic nitrogens is 4. The van der Waals surface area contributed by atoms with Crippen LogP contribution in [-0.4, -0.2) is 38.5 Å². The summed E-state index contributed by atoms with van der Waals surface area (Å²) in [5.41, 5.74) is 3.17. The maximum absolute atomic E-state index is 12.4. The third-order valence-electron chi connectivity index (χ3n) is 4.57.